The first-order valence-corrected chi connectivity index (χ1v) is 9.66. The molecule has 0 saturated heterocycles. The van der Waals surface area contributed by atoms with E-state index in [9.17, 15) is 13.5 Å². The van der Waals surface area contributed by atoms with Crippen molar-refractivity contribution in [2.75, 3.05) is 19.8 Å². The lowest BCUT2D eigenvalue weighted by Crippen LogP contribution is -2.39. The molecule has 1 aliphatic heterocycles. The lowest BCUT2D eigenvalue weighted by atomic mass is 9.96. The summed E-state index contributed by atoms with van der Waals surface area (Å²) in [5, 5.41) is 10.9. The number of sulfonamides is 1. The van der Waals surface area contributed by atoms with Gasteiger partial charge in [0.2, 0.25) is 10.0 Å². The molecule has 1 aliphatic carbocycles. The zero-order valence-corrected chi connectivity index (χ0v) is 14.4. The zero-order valence-electron chi connectivity index (χ0n) is 13.6. The summed E-state index contributed by atoms with van der Waals surface area (Å²) >= 11 is 0. The number of benzene rings is 2. The van der Waals surface area contributed by atoms with Crippen molar-refractivity contribution in [2.45, 2.75) is 23.3 Å². The van der Waals surface area contributed by atoms with Gasteiger partial charge in [-0.25, -0.2) is 13.1 Å². The Hall–Kier alpha value is -2.09. The largest absolute Gasteiger partial charge is 0.486 e. The number of nitrogens with one attached hydrogen (secondary N) is 1. The quantitative estimate of drug-likeness (QED) is 0.864. The summed E-state index contributed by atoms with van der Waals surface area (Å²) in [4.78, 5) is 0.0895. The smallest absolute Gasteiger partial charge is 0.240 e. The third kappa shape index (κ3) is 2.99. The van der Waals surface area contributed by atoms with E-state index in [1.165, 1.54) is 12.1 Å². The summed E-state index contributed by atoms with van der Waals surface area (Å²) in [5.74, 6) is 0.951. The summed E-state index contributed by atoms with van der Waals surface area (Å²) in [6.45, 7) is 0.769. The Morgan fingerprint density at radius 1 is 1.08 bits per heavy atom. The van der Waals surface area contributed by atoms with E-state index in [-0.39, 0.29) is 11.4 Å². The molecule has 1 heterocycles. The van der Waals surface area contributed by atoms with Crippen molar-refractivity contribution in [3.05, 3.63) is 53.6 Å². The normalized spacial score (nSPS) is 21.8. The van der Waals surface area contributed by atoms with Crippen molar-refractivity contribution in [1.29, 1.82) is 0 Å². The van der Waals surface area contributed by atoms with Gasteiger partial charge >= 0.3 is 0 Å². The molecule has 6 nitrogen and oxygen atoms in total. The summed E-state index contributed by atoms with van der Waals surface area (Å²) in [7, 11) is -3.77. The van der Waals surface area contributed by atoms with Crippen LogP contribution in [-0.4, -0.2) is 33.3 Å². The highest BCUT2D eigenvalue weighted by molar-refractivity contribution is 7.89. The van der Waals surface area contributed by atoms with Crippen LogP contribution in [0.3, 0.4) is 0 Å². The predicted octanol–water partition coefficient (Wildman–Crippen LogP) is 1.57. The standard InChI is InChI=1S/C18H19NO5S/c20-18(8-7-13-3-1-2-4-15(13)18)12-19-25(21,22)14-5-6-16-17(11-14)24-10-9-23-16/h1-6,11,19-20H,7-10,12H2/t18-/m1/s1. The number of aryl methyl sites for hydroxylation is 1. The fourth-order valence-corrected chi connectivity index (χ4v) is 4.45. The molecular formula is C18H19NO5S. The first-order valence-electron chi connectivity index (χ1n) is 8.18. The maximum Gasteiger partial charge on any atom is 0.240 e. The molecule has 1 atom stereocenters. The van der Waals surface area contributed by atoms with Crippen LogP contribution in [0.1, 0.15) is 17.5 Å². The van der Waals surface area contributed by atoms with Crippen LogP contribution in [0.25, 0.3) is 0 Å². The van der Waals surface area contributed by atoms with Gasteiger partial charge in [0.05, 0.1) is 4.90 Å². The van der Waals surface area contributed by atoms with E-state index in [1.807, 2.05) is 24.3 Å². The van der Waals surface area contributed by atoms with E-state index in [1.54, 1.807) is 6.07 Å². The third-order valence-electron chi connectivity index (χ3n) is 4.71. The van der Waals surface area contributed by atoms with E-state index in [0.717, 1.165) is 17.5 Å². The topological polar surface area (TPSA) is 84.9 Å². The fraction of sp³-hybridized carbons (Fsp3) is 0.333. The van der Waals surface area contributed by atoms with E-state index in [0.29, 0.717) is 31.1 Å². The van der Waals surface area contributed by atoms with Crippen LogP contribution >= 0.6 is 0 Å². The molecule has 0 radical (unpaired) electrons. The molecule has 0 saturated carbocycles. The molecule has 0 unspecified atom stereocenters. The maximum atomic E-state index is 12.6. The Morgan fingerprint density at radius 3 is 2.68 bits per heavy atom. The van der Waals surface area contributed by atoms with Gasteiger partial charge in [-0.3, -0.25) is 0 Å². The van der Waals surface area contributed by atoms with Crippen LogP contribution in [0, 0.1) is 0 Å². The molecule has 2 aromatic rings. The van der Waals surface area contributed by atoms with Crippen LogP contribution < -0.4 is 14.2 Å². The van der Waals surface area contributed by atoms with E-state index < -0.39 is 15.6 Å². The van der Waals surface area contributed by atoms with E-state index in [2.05, 4.69) is 4.72 Å². The minimum atomic E-state index is -3.77. The van der Waals surface area contributed by atoms with Gasteiger partial charge in [-0.05, 0) is 36.1 Å². The minimum Gasteiger partial charge on any atom is -0.486 e. The second kappa shape index (κ2) is 6.01. The Kier molecular flexibility index (Phi) is 3.94. The van der Waals surface area contributed by atoms with Gasteiger partial charge in [0.1, 0.15) is 18.8 Å². The monoisotopic (exact) mass is 361 g/mol. The fourth-order valence-electron chi connectivity index (χ4n) is 3.34. The molecule has 25 heavy (non-hydrogen) atoms. The van der Waals surface area contributed by atoms with Crippen LogP contribution in [0.15, 0.2) is 47.4 Å². The SMILES string of the molecule is O=S(=O)(NC[C@]1(O)CCc2ccccc21)c1ccc2c(c1)OCCO2. The second-order valence-corrected chi connectivity index (χ2v) is 8.09. The van der Waals surface area contributed by atoms with Gasteiger partial charge in [0.25, 0.3) is 0 Å². The molecular weight excluding hydrogens is 342 g/mol. The van der Waals surface area contributed by atoms with Crippen LogP contribution in [0.4, 0.5) is 0 Å². The highest BCUT2D eigenvalue weighted by Gasteiger charge is 2.37. The second-order valence-electron chi connectivity index (χ2n) is 6.32. The molecule has 132 valence electrons. The average molecular weight is 361 g/mol. The number of hydrogen-bond acceptors (Lipinski definition) is 5. The third-order valence-corrected chi connectivity index (χ3v) is 6.10. The Labute approximate surface area is 146 Å². The van der Waals surface area contributed by atoms with Crippen molar-refractivity contribution in [1.82, 2.24) is 4.72 Å². The number of ether oxygens (including phenoxy) is 2. The zero-order chi connectivity index (χ0) is 17.5. The number of fused-ring (bicyclic) bond motifs is 2. The molecule has 4 rings (SSSR count). The number of aliphatic hydroxyl groups is 1. The summed E-state index contributed by atoms with van der Waals surface area (Å²) in [5.41, 5.74) is 0.667. The highest BCUT2D eigenvalue weighted by Crippen LogP contribution is 2.37. The molecule has 2 N–H and O–H groups in total. The van der Waals surface area contributed by atoms with Crippen molar-refractivity contribution in [3.63, 3.8) is 0 Å². The lowest BCUT2D eigenvalue weighted by molar-refractivity contribution is 0.0442. The highest BCUT2D eigenvalue weighted by atomic mass is 32.2. The van der Waals surface area contributed by atoms with Crippen LogP contribution in [0.5, 0.6) is 11.5 Å². The van der Waals surface area contributed by atoms with Gasteiger partial charge in [0.15, 0.2) is 11.5 Å². The van der Waals surface area contributed by atoms with Gasteiger partial charge in [-0.1, -0.05) is 24.3 Å². The van der Waals surface area contributed by atoms with Crippen molar-refractivity contribution >= 4 is 10.0 Å². The molecule has 0 bridgehead atoms. The summed E-state index contributed by atoms with van der Waals surface area (Å²) < 4.78 is 38.6. The Balaban J connectivity index is 1.55. The summed E-state index contributed by atoms with van der Waals surface area (Å²) in [6.07, 6.45) is 1.23. The van der Waals surface area contributed by atoms with Gasteiger partial charge in [0, 0.05) is 12.6 Å². The predicted molar refractivity (Wildman–Crippen MR) is 91.3 cm³/mol. The van der Waals surface area contributed by atoms with Crippen LogP contribution in [0.2, 0.25) is 0 Å². The molecule has 7 heteroatoms. The van der Waals surface area contributed by atoms with E-state index in [4.69, 9.17) is 9.47 Å². The van der Waals surface area contributed by atoms with Crippen molar-refractivity contribution in [3.8, 4) is 11.5 Å². The molecule has 0 aromatic heterocycles. The lowest BCUT2D eigenvalue weighted by Gasteiger charge is -2.24. The molecule has 0 fully saturated rings. The Morgan fingerprint density at radius 2 is 1.84 bits per heavy atom. The van der Waals surface area contributed by atoms with E-state index >= 15 is 0 Å². The van der Waals surface area contributed by atoms with Crippen molar-refractivity contribution < 1.29 is 23.0 Å². The maximum absolute atomic E-state index is 12.6. The average Bonchev–Trinajstić information content (AvgIpc) is 2.98. The van der Waals surface area contributed by atoms with Gasteiger partial charge in [-0.2, -0.15) is 0 Å². The molecule has 2 aliphatic rings. The first-order chi connectivity index (χ1) is 12.0. The molecule has 0 spiro atoms. The molecule has 2 aromatic carbocycles. The van der Waals surface area contributed by atoms with Gasteiger partial charge < -0.3 is 14.6 Å². The van der Waals surface area contributed by atoms with Crippen LogP contribution in [-0.2, 0) is 22.0 Å². The minimum absolute atomic E-state index is 0.0687. The van der Waals surface area contributed by atoms with Gasteiger partial charge in [-0.15, -0.1) is 0 Å². The summed E-state index contributed by atoms with van der Waals surface area (Å²) in [6, 6.07) is 12.1. The van der Waals surface area contributed by atoms with Crippen molar-refractivity contribution in [2.24, 2.45) is 0 Å². The number of rotatable bonds is 4. The molecule has 0 amide bonds. The Bertz CT molecular complexity index is 911. The number of hydrogen-bond donors (Lipinski definition) is 2. The first kappa shape index (κ1) is 16.4.